The van der Waals surface area contributed by atoms with Crippen molar-refractivity contribution in [2.45, 2.75) is 12.8 Å². The average Bonchev–Trinajstić information content (AvgIpc) is 2.15. The third-order valence-corrected chi connectivity index (χ3v) is 3.36. The lowest BCUT2D eigenvalue weighted by atomic mass is 10.0. The van der Waals surface area contributed by atoms with Crippen molar-refractivity contribution in [3.8, 4) is 0 Å². The van der Waals surface area contributed by atoms with Crippen molar-refractivity contribution in [1.29, 1.82) is 0 Å². The molecule has 0 aliphatic carbocycles. The van der Waals surface area contributed by atoms with E-state index in [0.29, 0.717) is 0 Å². The summed E-state index contributed by atoms with van der Waals surface area (Å²) in [7, 11) is -3.05. The van der Waals surface area contributed by atoms with Gasteiger partial charge in [0.2, 0.25) is 0 Å². The van der Waals surface area contributed by atoms with Gasteiger partial charge in [-0.05, 0) is 23.6 Å². The highest BCUT2D eigenvalue weighted by Gasteiger charge is 2.14. The number of carbonyl (C=O) groups is 1. The molecule has 0 saturated heterocycles. The topological polar surface area (TPSA) is 71.4 Å². The quantitative estimate of drug-likeness (QED) is 0.869. The van der Waals surface area contributed by atoms with Crippen molar-refractivity contribution in [2.75, 3.05) is 12.0 Å². The Hall–Kier alpha value is -1.36. The van der Waals surface area contributed by atoms with Crippen LogP contribution in [0.5, 0.6) is 0 Å². The molecular weight excluding hydrogens is 228 g/mol. The molecule has 16 heavy (non-hydrogen) atoms. The van der Waals surface area contributed by atoms with E-state index in [9.17, 15) is 13.2 Å². The molecule has 1 atom stereocenters. The molecule has 0 amide bonds. The van der Waals surface area contributed by atoms with Crippen LogP contribution in [-0.4, -0.2) is 31.5 Å². The van der Waals surface area contributed by atoms with E-state index in [1.54, 1.807) is 19.1 Å². The molecule has 0 saturated carbocycles. The van der Waals surface area contributed by atoms with Crippen LogP contribution in [0, 0.1) is 0 Å². The molecule has 0 bridgehead atoms. The lowest BCUT2D eigenvalue weighted by Gasteiger charge is -2.10. The second-order valence-corrected chi connectivity index (χ2v) is 6.11. The average molecular weight is 242 g/mol. The number of hydrogen-bond donors (Lipinski definition) is 1. The van der Waals surface area contributed by atoms with E-state index in [2.05, 4.69) is 0 Å². The molecule has 5 heteroatoms. The highest BCUT2D eigenvalue weighted by Crippen LogP contribution is 2.18. The molecule has 88 valence electrons. The summed E-state index contributed by atoms with van der Waals surface area (Å²) in [4.78, 5) is 10.7. The number of rotatable bonds is 4. The molecule has 0 spiro atoms. The van der Waals surface area contributed by atoms with Crippen LogP contribution in [0.1, 0.15) is 28.8 Å². The molecule has 0 aliphatic heterocycles. The first-order valence-corrected chi connectivity index (χ1v) is 6.86. The number of benzene rings is 1. The van der Waals surface area contributed by atoms with Crippen LogP contribution in [0.3, 0.4) is 0 Å². The maximum Gasteiger partial charge on any atom is 0.335 e. The van der Waals surface area contributed by atoms with Crippen molar-refractivity contribution < 1.29 is 18.3 Å². The number of carboxylic acid groups (broad SMARTS) is 1. The van der Waals surface area contributed by atoms with Gasteiger partial charge in [-0.25, -0.2) is 13.2 Å². The van der Waals surface area contributed by atoms with Crippen LogP contribution in [0.4, 0.5) is 0 Å². The van der Waals surface area contributed by atoms with Gasteiger partial charge in [-0.15, -0.1) is 0 Å². The first-order valence-electron chi connectivity index (χ1n) is 4.80. The summed E-state index contributed by atoms with van der Waals surface area (Å²) >= 11 is 0. The Kier molecular flexibility index (Phi) is 3.70. The molecule has 4 nitrogen and oxygen atoms in total. The summed E-state index contributed by atoms with van der Waals surface area (Å²) in [5.41, 5.74) is 0.906. The predicted molar refractivity (Wildman–Crippen MR) is 61.5 cm³/mol. The van der Waals surface area contributed by atoms with E-state index >= 15 is 0 Å². The maximum atomic E-state index is 11.1. The van der Waals surface area contributed by atoms with E-state index in [4.69, 9.17) is 5.11 Å². The smallest absolute Gasteiger partial charge is 0.335 e. The molecule has 0 radical (unpaired) electrons. The highest BCUT2D eigenvalue weighted by atomic mass is 32.2. The van der Waals surface area contributed by atoms with Gasteiger partial charge in [-0.1, -0.05) is 19.1 Å². The van der Waals surface area contributed by atoms with Gasteiger partial charge in [0.15, 0.2) is 0 Å². The SMILES string of the molecule is CC(CS(C)(=O)=O)c1cccc(C(=O)O)c1. The predicted octanol–water partition coefficient (Wildman–Crippen LogP) is 1.53. The van der Waals surface area contributed by atoms with Gasteiger partial charge >= 0.3 is 5.97 Å². The Balaban J connectivity index is 2.96. The molecule has 0 aliphatic rings. The van der Waals surface area contributed by atoms with Crippen LogP contribution in [0.2, 0.25) is 0 Å². The number of aromatic carboxylic acids is 1. The minimum atomic E-state index is -3.05. The Bertz CT molecular complexity index is 490. The fourth-order valence-electron chi connectivity index (χ4n) is 1.53. The first kappa shape index (κ1) is 12.7. The zero-order valence-electron chi connectivity index (χ0n) is 9.17. The van der Waals surface area contributed by atoms with Gasteiger partial charge in [0.1, 0.15) is 9.84 Å². The van der Waals surface area contributed by atoms with Crippen LogP contribution in [-0.2, 0) is 9.84 Å². The normalized spacial score (nSPS) is 13.4. The molecule has 1 rings (SSSR count). The van der Waals surface area contributed by atoms with Gasteiger partial charge in [0.05, 0.1) is 11.3 Å². The minimum absolute atomic E-state index is 0.0239. The lowest BCUT2D eigenvalue weighted by Crippen LogP contribution is -2.11. The molecule has 0 heterocycles. The van der Waals surface area contributed by atoms with Crippen molar-refractivity contribution >= 4 is 15.8 Å². The van der Waals surface area contributed by atoms with E-state index in [0.717, 1.165) is 5.56 Å². The molecular formula is C11H14O4S. The van der Waals surface area contributed by atoms with Crippen molar-refractivity contribution in [2.24, 2.45) is 0 Å². The minimum Gasteiger partial charge on any atom is -0.478 e. The van der Waals surface area contributed by atoms with Crippen LogP contribution in [0.15, 0.2) is 24.3 Å². The van der Waals surface area contributed by atoms with E-state index in [-0.39, 0.29) is 17.2 Å². The van der Waals surface area contributed by atoms with Crippen molar-refractivity contribution in [3.05, 3.63) is 35.4 Å². The Morgan fingerprint density at radius 1 is 1.44 bits per heavy atom. The van der Waals surface area contributed by atoms with Crippen molar-refractivity contribution in [3.63, 3.8) is 0 Å². The van der Waals surface area contributed by atoms with Gasteiger partial charge < -0.3 is 5.11 Å². The monoisotopic (exact) mass is 242 g/mol. The molecule has 1 unspecified atom stereocenters. The largest absolute Gasteiger partial charge is 0.478 e. The standard InChI is InChI=1S/C11H14O4S/c1-8(7-16(2,14)15)9-4-3-5-10(6-9)11(12)13/h3-6,8H,7H2,1-2H3,(H,12,13). The van der Waals surface area contributed by atoms with Gasteiger partial charge in [-0.3, -0.25) is 0 Å². The first-order chi connectivity index (χ1) is 7.29. The summed E-state index contributed by atoms with van der Waals surface area (Å²) < 4.78 is 22.2. The summed E-state index contributed by atoms with van der Waals surface area (Å²) in [5.74, 6) is -1.18. The molecule has 1 N–H and O–H groups in total. The van der Waals surface area contributed by atoms with E-state index in [1.807, 2.05) is 0 Å². The summed E-state index contributed by atoms with van der Waals surface area (Å²) in [6.45, 7) is 1.77. The second kappa shape index (κ2) is 4.65. The van der Waals surface area contributed by atoms with E-state index < -0.39 is 15.8 Å². The molecule has 1 aromatic carbocycles. The van der Waals surface area contributed by atoms with Crippen LogP contribution in [0.25, 0.3) is 0 Å². The molecule has 0 fully saturated rings. The Labute approximate surface area is 94.8 Å². The highest BCUT2D eigenvalue weighted by molar-refractivity contribution is 7.90. The lowest BCUT2D eigenvalue weighted by molar-refractivity contribution is 0.0696. The Morgan fingerprint density at radius 3 is 2.56 bits per heavy atom. The fourth-order valence-corrected chi connectivity index (χ4v) is 2.63. The zero-order chi connectivity index (χ0) is 12.3. The van der Waals surface area contributed by atoms with Crippen LogP contribution < -0.4 is 0 Å². The van der Waals surface area contributed by atoms with Gasteiger partial charge in [0.25, 0.3) is 0 Å². The van der Waals surface area contributed by atoms with Gasteiger partial charge in [0, 0.05) is 6.26 Å². The molecule has 1 aromatic rings. The number of hydrogen-bond acceptors (Lipinski definition) is 3. The van der Waals surface area contributed by atoms with Crippen molar-refractivity contribution in [1.82, 2.24) is 0 Å². The Morgan fingerprint density at radius 2 is 2.06 bits per heavy atom. The van der Waals surface area contributed by atoms with Gasteiger partial charge in [-0.2, -0.15) is 0 Å². The van der Waals surface area contributed by atoms with E-state index in [1.165, 1.54) is 18.4 Å². The number of sulfone groups is 1. The van der Waals surface area contributed by atoms with Crippen LogP contribution >= 0.6 is 0 Å². The second-order valence-electron chi connectivity index (χ2n) is 3.92. The summed E-state index contributed by atoms with van der Waals surface area (Å²) in [6, 6.07) is 6.36. The summed E-state index contributed by atoms with van der Waals surface area (Å²) in [6.07, 6.45) is 1.17. The number of carboxylic acids is 1. The summed E-state index contributed by atoms with van der Waals surface area (Å²) in [5, 5.41) is 8.81. The third kappa shape index (κ3) is 3.66. The third-order valence-electron chi connectivity index (χ3n) is 2.26. The zero-order valence-corrected chi connectivity index (χ0v) is 9.99. The fraction of sp³-hybridized carbons (Fsp3) is 0.364. The maximum absolute atomic E-state index is 11.1. The molecule has 0 aromatic heterocycles.